The van der Waals surface area contributed by atoms with Crippen LogP contribution in [0.3, 0.4) is 0 Å². The Hall–Kier alpha value is -2.42. The highest BCUT2D eigenvalue weighted by atomic mass is 16.6. The zero-order valence-electron chi connectivity index (χ0n) is 17.0. The number of ether oxygens (including phenoxy) is 3. The van der Waals surface area contributed by atoms with Crippen molar-refractivity contribution in [1.29, 1.82) is 0 Å². The maximum absolute atomic E-state index is 6.51. The molecular formula is C25H30O3. The second kappa shape index (κ2) is 7.90. The number of hydrogen-bond donors (Lipinski definition) is 0. The molecule has 4 rings (SSSR count). The van der Waals surface area contributed by atoms with Crippen LogP contribution < -0.4 is 14.2 Å². The minimum atomic E-state index is -0.0251. The maximum Gasteiger partial charge on any atom is 0.161 e. The number of allylic oxidation sites excluding steroid dienone is 1. The van der Waals surface area contributed by atoms with Crippen LogP contribution in [-0.4, -0.2) is 18.8 Å². The average Bonchev–Trinajstić information content (AvgIpc) is 3.13. The highest BCUT2D eigenvalue weighted by Gasteiger charge is 2.31. The molecule has 3 nitrogen and oxygen atoms in total. The maximum atomic E-state index is 6.51. The highest BCUT2D eigenvalue weighted by molar-refractivity contribution is 5.67. The van der Waals surface area contributed by atoms with Crippen molar-refractivity contribution in [2.75, 3.05) is 13.2 Å². The van der Waals surface area contributed by atoms with Gasteiger partial charge in [0.05, 0.1) is 0 Å². The average molecular weight is 379 g/mol. The summed E-state index contributed by atoms with van der Waals surface area (Å²) in [5.41, 5.74) is 3.45. The van der Waals surface area contributed by atoms with Crippen molar-refractivity contribution in [1.82, 2.24) is 0 Å². The minimum absolute atomic E-state index is 0.0251. The van der Waals surface area contributed by atoms with Gasteiger partial charge in [-0.1, -0.05) is 37.8 Å². The van der Waals surface area contributed by atoms with Gasteiger partial charge in [-0.05, 0) is 79.8 Å². The van der Waals surface area contributed by atoms with Gasteiger partial charge in [-0.15, -0.1) is 0 Å². The van der Waals surface area contributed by atoms with E-state index < -0.39 is 0 Å². The standard InChI is InChI=1S/C25H30O3/c1-18(20-10-11-23-24(17-20)27-15-14-26-23)16-19(2)21-8-4-5-9-22(21)28-25(3)12-6-7-13-25/h4-5,8-11,17,19H,1,6-7,12-16H2,2-3H3/t19-/m0/s1. The molecule has 2 aromatic rings. The monoisotopic (exact) mass is 378 g/mol. The predicted octanol–water partition coefficient (Wildman–Crippen LogP) is 6.38. The van der Waals surface area contributed by atoms with E-state index >= 15 is 0 Å². The molecule has 0 aromatic heterocycles. The van der Waals surface area contributed by atoms with E-state index in [9.17, 15) is 0 Å². The molecule has 1 heterocycles. The van der Waals surface area contributed by atoms with Gasteiger partial charge >= 0.3 is 0 Å². The first kappa shape index (κ1) is 18.9. The lowest BCUT2D eigenvalue weighted by Gasteiger charge is -2.28. The number of benzene rings is 2. The Labute approximate surface area is 168 Å². The van der Waals surface area contributed by atoms with Crippen LogP contribution in [0.15, 0.2) is 49.0 Å². The summed E-state index contributed by atoms with van der Waals surface area (Å²) in [5, 5.41) is 0. The molecule has 1 saturated carbocycles. The van der Waals surface area contributed by atoms with Gasteiger partial charge < -0.3 is 14.2 Å². The van der Waals surface area contributed by atoms with E-state index in [1.54, 1.807) is 0 Å². The first-order valence-electron chi connectivity index (χ1n) is 10.4. The van der Waals surface area contributed by atoms with Crippen LogP contribution in [0.4, 0.5) is 0 Å². The van der Waals surface area contributed by atoms with Gasteiger partial charge in [0, 0.05) is 0 Å². The third-order valence-corrected chi connectivity index (χ3v) is 5.97. The molecule has 2 aromatic carbocycles. The molecule has 28 heavy (non-hydrogen) atoms. The molecule has 0 saturated heterocycles. The highest BCUT2D eigenvalue weighted by Crippen LogP contribution is 2.40. The zero-order valence-corrected chi connectivity index (χ0v) is 17.0. The largest absolute Gasteiger partial charge is 0.487 e. The Morgan fingerprint density at radius 2 is 1.79 bits per heavy atom. The fourth-order valence-corrected chi connectivity index (χ4v) is 4.33. The van der Waals surface area contributed by atoms with Gasteiger partial charge in [-0.3, -0.25) is 0 Å². The normalized spacial score (nSPS) is 18.5. The van der Waals surface area contributed by atoms with Gasteiger partial charge in [0.1, 0.15) is 24.6 Å². The summed E-state index contributed by atoms with van der Waals surface area (Å²) in [5.74, 6) is 2.98. The molecule has 2 aliphatic rings. The Kier molecular flexibility index (Phi) is 5.34. The zero-order chi connectivity index (χ0) is 19.6. The van der Waals surface area contributed by atoms with Crippen molar-refractivity contribution >= 4 is 5.57 Å². The lowest BCUT2D eigenvalue weighted by Crippen LogP contribution is -2.28. The van der Waals surface area contributed by atoms with Crippen molar-refractivity contribution in [2.45, 2.75) is 57.5 Å². The van der Waals surface area contributed by atoms with E-state index in [2.05, 4.69) is 50.8 Å². The Morgan fingerprint density at radius 1 is 1.07 bits per heavy atom. The van der Waals surface area contributed by atoms with Crippen molar-refractivity contribution in [3.63, 3.8) is 0 Å². The summed E-state index contributed by atoms with van der Waals surface area (Å²) in [7, 11) is 0. The molecule has 0 amide bonds. The van der Waals surface area contributed by atoms with Crippen molar-refractivity contribution in [2.24, 2.45) is 0 Å². The lowest BCUT2D eigenvalue weighted by molar-refractivity contribution is 0.0951. The molecule has 148 valence electrons. The summed E-state index contributed by atoms with van der Waals surface area (Å²) in [6.07, 6.45) is 5.67. The van der Waals surface area contributed by atoms with Crippen LogP contribution in [0, 0.1) is 0 Å². The molecule has 0 unspecified atom stereocenters. The topological polar surface area (TPSA) is 27.7 Å². The summed E-state index contributed by atoms with van der Waals surface area (Å²) >= 11 is 0. The van der Waals surface area contributed by atoms with E-state index in [0.29, 0.717) is 19.1 Å². The van der Waals surface area contributed by atoms with E-state index in [-0.39, 0.29) is 5.60 Å². The van der Waals surface area contributed by atoms with Gasteiger partial charge in [-0.25, -0.2) is 0 Å². The molecule has 1 atom stereocenters. The number of para-hydroxylation sites is 1. The van der Waals surface area contributed by atoms with Crippen LogP contribution >= 0.6 is 0 Å². The lowest BCUT2D eigenvalue weighted by atomic mass is 9.90. The van der Waals surface area contributed by atoms with Gasteiger partial charge in [0.2, 0.25) is 0 Å². The molecule has 0 bridgehead atoms. The van der Waals surface area contributed by atoms with Gasteiger partial charge in [0.25, 0.3) is 0 Å². The molecule has 3 heteroatoms. The number of rotatable bonds is 6. The Balaban J connectivity index is 1.49. The second-order valence-electron chi connectivity index (χ2n) is 8.36. The third-order valence-electron chi connectivity index (χ3n) is 5.97. The first-order valence-corrected chi connectivity index (χ1v) is 10.4. The van der Waals surface area contributed by atoms with E-state index in [1.165, 1.54) is 18.4 Å². The molecule has 0 radical (unpaired) electrons. The van der Waals surface area contributed by atoms with E-state index in [0.717, 1.165) is 47.6 Å². The SMILES string of the molecule is C=C(C[C@H](C)c1ccccc1OC1(C)CCCC1)c1ccc2c(c1)OCCO2. The summed E-state index contributed by atoms with van der Waals surface area (Å²) in [6.45, 7) is 10.1. The smallest absolute Gasteiger partial charge is 0.161 e. The van der Waals surface area contributed by atoms with Crippen molar-refractivity contribution in [3.05, 3.63) is 60.2 Å². The Morgan fingerprint density at radius 3 is 2.57 bits per heavy atom. The summed E-state index contributed by atoms with van der Waals surface area (Å²) < 4.78 is 17.9. The van der Waals surface area contributed by atoms with Crippen LogP contribution in [-0.2, 0) is 0 Å². The van der Waals surface area contributed by atoms with Crippen LogP contribution in [0.5, 0.6) is 17.2 Å². The molecular weight excluding hydrogens is 348 g/mol. The van der Waals surface area contributed by atoms with Gasteiger partial charge in [0.15, 0.2) is 11.5 Å². The first-order chi connectivity index (χ1) is 13.5. The second-order valence-corrected chi connectivity index (χ2v) is 8.36. The molecule has 1 fully saturated rings. The van der Waals surface area contributed by atoms with Crippen molar-refractivity contribution in [3.8, 4) is 17.2 Å². The molecule has 0 spiro atoms. The molecule has 1 aliphatic carbocycles. The third kappa shape index (κ3) is 4.04. The fraction of sp³-hybridized carbons (Fsp3) is 0.440. The number of fused-ring (bicyclic) bond motifs is 1. The molecule has 0 N–H and O–H groups in total. The summed E-state index contributed by atoms with van der Waals surface area (Å²) in [4.78, 5) is 0. The van der Waals surface area contributed by atoms with Crippen LogP contribution in [0.1, 0.15) is 63.0 Å². The van der Waals surface area contributed by atoms with Crippen molar-refractivity contribution < 1.29 is 14.2 Å². The fourth-order valence-electron chi connectivity index (χ4n) is 4.33. The van der Waals surface area contributed by atoms with E-state index in [1.807, 2.05) is 12.1 Å². The number of hydrogen-bond acceptors (Lipinski definition) is 3. The minimum Gasteiger partial charge on any atom is -0.487 e. The van der Waals surface area contributed by atoms with Crippen LogP contribution in [0.2, 0.25) is 0 Å². The quantitative estimate of drug-likeness (QED) is 0.584. The summed E-state index contributed by atoms with van der Waals surface area (Å²) in [6, 6.07) is 14.6. The molecule has 1 aliphatic heterocycles. The van der Waals surface area contributed by atoms with Gasteiger partial charge in [-0.2, -0.15) is 0 Å². The Bertz CT molecular complexity index is 849. The van der Waals surface area contributed by atoms with E-state index in [4.69, 9.17) is 14.2 Å². The van der Waals surface area contributed by atoms with Crippen LogP contribution in [0.25, 0.3) is 5.57 Å². The predicted molar refractivity (Wildman–Crippen MR) is 113 cm³/mol.